The van der Waals surface area contributed by atoms with Crippen LogP contribution in [0.3, 0.4) is 0 Å². The summed E-state index contributed by atoms with van der Waals surface area (Å²) in [7, 11) is 1.74. The van der Waals surface area contributed by atoms with E-state index in [0.29, 0.717) is 13.2 Å². The Kier molecular flexibility index (Phi) is 9.92. The lowest BCUT2D eigenvalue weighted by Gasteiger charge is -2.07. The molecular weight excluding hydrogens is 256 g/mol. The summed E-state index contributed by atoms with van der Waals surface area (Å²) in [6.45, 7) is 2.57. The van der Waals surface area contributed by atoms with E-state index in [9.17, 15) is 0 Å². The van der Waals surface area contributed by atoms with Gasteiger partial charge < -0.3 is 19.3 Å². The van der Waals surface area contributed by atoms with E-state index in [1.54, 1.807) is 7.11 Å². The van der Waals surface area contributed by atoms with Gasteiger partial charge in [-0.15, -0.1) is 0 Å². The Morgan fingerprint density at radius 1 is 0.900 bits per heavy atom. The van der Waals surface area contributed by atoms with Crippen LogP contribution in [0.15, 0.2) is 24.3 Å². The smallest absolute Gasteiger partial charge is 0.119 e. The van der Waals surface area contributed by atoms with Crippen LogP contribution in [-0.2, 0) is 16.1 Å². The van der Waals surface area contributed by atoms with Crippen molar-refractivity contribution < 1.29 is 19.3 Å². The van der Waals surface area contributed by atoms with Gasteiger partial charge in [0.15, 0.2) is 0 Å². The molecule has 0 saturated carbocycles. The maximum atomic E-state index is 8.62. The van der Waals surface area contributed by atoms with E-state index in [-0.39, 0.29) is 6.61 Å². The number of benzene rings is 1. The number of aliphatic hydroxyl groups excluding tert-OH is 1. The molecule has 0 aliphatic heterocycles. The zero-order valence-corrected chi connectivity index (χ0v) is 12.3. The lowest BCUT2D eigenvalue weighted by Crippen LogP contribution is -2.00. The van der Waals surface area contributed by atoms with E-state index in [1.807, 2.05) is 24.3 Å². The third-order valence-electron chi connectivity index (χ3n) is 2.94. The van der Waals surface area contributed by atoms with Gasteiger partial charge in [-0.25, -0.2) is 0 Å². The molecule has 0 aliphatic carbocycles. The fourth-order valence-corrected chi connectivity index (χ4v) is 1.83. The first-order valence-corrected chi connectivity index (χ1v) is 7.26. The fraction of sp³-hybridized carbons (Fsp3) is 0.625. The van der Waals surface area contributed by atoms with Gasteiger partial charge in [0.2, 0.25) is 0 Å². The van der Waals surface area contributed by atoms with E-state index >= 15 is 0 Å². The van der Waals surface area contributed by atoms with Gasteiger partial charge in [-0.1, -0.05) is 18.6 Å². The molecule has 1 N–H and O–H groups in total. The highest BCUT2D eigenvalue weighted by Gasteiger charge is 1.97. The van der Waals surface area contributed by atoms with Crippen molar-refractivity contribution in [2.24, 2.45) is 0 Å². The van der Waals surface area contributed by atoms with Crippen LogP contribution in [0.1, 0.15) is 31.2 Å². The van der Waals surface area contributed by atoms with E-state index in [0.717, 1.165) is 37.4 Å². The van der Waals surface area contributed by atoms with Crippen molar-refractivity contribution in [3.8, 4) is 5.75 Å². The molecule has 0 radical (unpaired) electrons. The average molecular weight is 282 g/mol. The SMILES string of the molecule is COCCCCCCOc1ccc(COCCO)cc1. The molecule has 0 saturated heterocycles. The number of unbranched alkanes of at least 4 members (excludes halogenated alkanes) is 3. The summed E-state index contributed by atoms with van der Waals surface area (Å²) in [5, 5.41) is 8.62. The van der Waals surface area contributed by atoms with Crippen molar-refractivity contribution >= 4 is 0 Å². The third kappa shape index (κ3) is 8.15. The first kappa shape index (κ1) is 17.0. The molecular formula is C16H26O4. The van der Waals surface area contributed by atoms with Gasteiger partial charge in [0, 0.05) is 13.7 Å². The highest BCUT2D eigenvalue weighted by molar-refractivity contribution is 5.26. The van der Waals surface area contributed by atoms with Gasteiger partial charge >= 0.3 is 0 Å². The van der Waals surface area contributed by atoms with Gasteiger partial charge in [-0.3, -0.25) is 0 Å². The molecule has 0 spiro atoms. The number of ether oxygens (including phenoxy) is 3. The predicted octanol–water partition coefficient (Wildman–Crippen LogP) is 2.78. The van der Waals surface area contributed by atoms with Gasteiger partial charge in [-0.2, -0.15) is 0 Å². The first-order chi connectivity index (χ1) is 9.86. The van der Waals surface area contributed by atoms with Crippen LogP contribution in [0, 0.1) is 0 Å². The standard InChI is InChI=1S/C16H26O4/c1-18-11-4-2-3-5-12-20-16-8-6-15(7-9-16)14-19-13-10-17/h6-9,17H,2-5,10-14H2,1H3. The van der Waals surface area contributed by atoms with Crippen LogP contribution in [0.4, 0.5) is 0 Å². The molecule has 114 valence electrons. The molecule has 0 unspecified atom stereocenters. The lowest BCUT2D eigenvalue weighted by molar-refractivity contribution is 0.0815. The van der Waals surface area contributed by atoms with Crippen LogP contribution in [0.5, 0.6) is 5.75 Å². The Bertz CT molecular complexity index is 324. The molecule has 0 atom stereocenters. The minimum Gasteiger partial charge on any atom is -0.494 e. The van der Waals surface area contributed by atoms with E-state index in [4.69, 9.17) is 19.3 Å². The molecule has 0 aromatic heterocycles. The second kappa shape index (κ2) is 11.7. The van der Waals surface area contributed by atoms with Gasteiger partial charge in [0.1, 0.15) is 5.75 Å². The van der Waals surface area contributed by atoms with Crippen LogP contribution < -0.4 is 4.74 Å². The zero-order valence-electron chi connectivity index (χ0n) is 12.3. The molecule has 4 nitrogen and oxygen atoms in total. The van der Waals surface area contributed by atoms with Crippen molar-refractivity contribution in [2.75, 3.05) is 33.5 Å². The van der Waals surface area contributed by atoms with Crippen molar-refractivity contribution in [3.63, 3.8) is 0 Å². The number of aliphatic hydroxyl groups is 1. The molecule has 0 aliphatic rings. The summed E-state index contributed by atoms with van der Waals surface area (Å²) in [5.74, 6) is 0.896. The summed E-state index contributed by atoms with van der Waals surface area (Å²) in [6, 6.07) is 7.90. The normalized spacial score (nSPS) is 10.7. The summed E-state index contributed by atoms with van der Waals surface area (Å²) in [6.07, 6.45) is 4.57. The van der Waals surface area contributed by atoms with Gasteiger partial charge in [-0.05, 0) is 37.0 Å². The molecule has 1 aromatic rings. The highest BCUT2D eigenvalue weighted by atomic mass is 16.5. The molecule has 0 amide bonds. The Morgan fingerprint density at radius 2 is 1.60 bits per heavy atom. The molecule has 20 heavy (non-hydrogen) atoms. The van der Waals surface area contributed by atoms with Crippen molar-refractivity contribution in [2.45, 2.75) is 32.3 Å². The molecule has 0 bridgehead atoms. The summed E-state index contributed by atoms with van der Waals surface area (Å²) >= 11 is 0. The minimum atomic E-state index is 0.0611. The monoisotopic (exact) mass is 282 g/mol. The van der Waals surface area contributed by atoms with E-state index in [1.165, 1.54) is 12.8 Å². The molecule has 0 heterocycles. The second-order valence-electron chi connectivity index (χ2n) is 4.68. The average Bonchev–Trinajstić information content (AvgIpc) is 2.48. The third-order valence-corrected chi connectivity index (χ3v) is 2.94. The van der Waals surface area contributed by atoms with Crippen molar-refractivity contribution in [3.05, 3.63) is 29.8 Å². The lowest BCUT2D eigenvalue weighted by atomic mass is 10.2. The van der Waals surface area contributed by atoms with Crippen molar-refractivity contribution in [1.82, 2.24) is 0 Å². The van der Waals surface area contributed by atoms with Gasteiger partial charge in [0.05, 0.1) is 26.4 Å². The Labute approximate surface area is 121 Å². The van der Waals surface area contributed by atoms with Crippen LogP contribution in [0.25, 0.3) is 0 Å². The summed E-state index contributed by atoms with van der Waals surface area (Å²) < 4.78 is 15.9. The predicted molar refractivity (Wildman–Crippen MR) is 79.0 cm³/mol. The van der Waals surface area contributed by atoms with Crippen molar-refractivity contribution in [1.29, 1.82) is 0 Å². The Hall–Kier alpha value is -1.10. The van der Waals surface area contributed by atoms with Crippen LogP contribution in [-0.4, -0.2) is 38.6 Å². The fourth-order valence-electron chi connectivity index (χ4n) is 1.83. The van der Waals surface area contributed by atoms with Crippen LogP contribution in [0.2, 0.25) is 0 Å². The largest absolute Gasteiger partial charge is 0.494 e. The zero-order chi connectivity index (χ0) is 14.5. The summed E-state index contributed by atoms with van der Waals surface area (Å²) in [4.78, 5) is 0. The minimum absolute atomic E-state index is 0.0611. The molecule has 1 rings (SSSR count). The number of rotatable bonds is 12. The Balaban J connectivity index is 2.08. The molecule has 4 heteroatoms. The first-order valence-electron chi connectivity index (χ1n) is 7.26. The maximum absolute atomic E-state index is 8.62. The quantitative estimate of drug-likeness (QED) is 0.599. The van der Waals surface area contributed by atoms with Crippen LogP contribution >= 0.6 is 0 Å². The molecule has 1 aromatic carbocycles. The molecule has 0 fully saturated rings. The number of hydrogen-bond acceptors (Lipinski definition) is 4. The Morgan fingerprint density at radius 3 is 2.25 bits per heavy atom. The number of methoxy groups -OCH3 is 1. The highest BCUT2D eigenvalue weighted by Crippen LogP contribution is 2.13. The number of hydrogen-bond donors (Lipinski definition) is 1. The van der Waals surface area contributed by atoms with E-state index < -0.39 is 0 Å². The van der Waals surface area contributed by atoms with E-state index in [2.05, 4.69) is 0 Å². The second-order valence-corrected chi connectivity index (χ2v) is 4.68. The van der Waals surface area contributed by atoms with Gasteiger partial charge in [0.25, 0.3) is 0 Å². The summed E-state index contributed by atoms with van der Waals surface area (Å²) in [5.41, 5.74) is 1.09. The topological polar surface area (TPSA) is 47.9 Å². The maximum Gasteiger partial charge on any atom is 0.119 e.